The molecule has 0 heterocycles. The fourth-order valence-electron chi connectivity index (χ4n) is 2.74. The molecule has 4 heteroatoms. The molecule has 1 aromatic rings. The van der Waals surface area contributed by atoms with Crippen molar-refractivity contribution in [3.8, 4) is 11.5 Å². The molecule has 1 unspecified atom stereocenters. The van der Waals surface area contributed by atoms with Gasteiger partial charge in [-0.15, -0.1) is 0 Å². The van der Waals surface area contributed by atoms with E-state index in [-0.39, 0.29) is 6.04 Å². The highest BCUT2D eigenvalue weighted by Gasteiger charge is 2.29. The van der Waals surface area contributed by atoms with E-state index in [9.17, 15) is 0 Å². The van der Waals surface area contributed by atoms with Crippen molar-refractivity contribution in [1.29, 1.82) is 0 Å². The van der Waals surface area contributed by atoms with Gasteiger partial charge in [0, 0.05) is 18.2 Å². The zero-order valence-corrected chi connectivity index (χ0v) is 12.1. The molecule has 0 amide bonds. The second kappa shape index (κ2) is 6.26. The number of benzene rings is 1. The van der Waals surface area contributed by atoms with Crippen molar-refractivity contribution >= 4 is 0 Å². The van der Waals surface area contributed by atoms with Gasteiger partial charge in [0.1, 0.15) is 0 Å². The Hall–Kier alpha value is -1.26. The molecule has 19 heavy (non-hydrogen) atoms. The number of ether oxygens (including phenoxy) is 2. The predicted octanol–water partition coefficient (Wildman–Crippen LogP) is 2.19. The van der Waals surface area contributed by atoms with Gasteiger partial charge in [0.2, 0.25) is 0 Å². The van der Waals surface area contributed by atoms with Crippen LogP contribution in [0.15, 0.2) is 18.2 Å². The monoisotopic (exact) mass is 264 g/mol. The summed E-state index contributed by atoms with van der Waals surface area (Å²) in [5.74, 6) is 1.56. The Kier molecular flexibility index (Phi) is 4.66. The van der Waals surface area contributed by atoms with Gasteiger partial charge in [0.15, 0.2) is 11.5 Å². The van der Waals surface area contributed by atoms with Crippen molar-refractivity contribution in [3.63, 3.8) is 0 Å². The molecule has 1 aliphatic rings. The second-order valence-electron chi connectivity index (χ2n) is 5.08. The van der Waals surface area contributed by atoms with E-state index >= 15 is 0 Å². The van der Waals surface area contributed by atoms with Gasteiger partial charge < -0.3 is 15.2 Å². The highest BCUT2D eigenvalue weighted by atomic mass is 16.5. The summed E-state index contributed by atoms with van der Waals surface area (Å²) in [4.78, 5) is 2.38. The lowest BCUT2D eigenvalue weighted by atomic mass is 9.89. The molecule has 106 valence electrons. The van der Waals surface area contributed by atoms with Crippen molar-refractivity contribution in [2.24, 2.45) is 5.73 Å². The summed E-state index contributed by atoms with van der Waals surface area (Å²) in [6.07, 6.45) is 3.85. The van der Waals surface area contributed by atoms with Gasteiger partial charge in [-0.3, -0.25) is 4.90 Å². The summed E-state index contributed by atoms with van der Waals surface area (Å²) < 4.78 is 10.9. The van der Waals surface area contributed by atoms with E-state index in [0.717, 1.165) is 17.1 Å². The molecule has 0 saturated heterocycles. The van der Waals surface area contributed by atoms with E-state index in [2.05, 4.69) is 18.0 Å². The lowest BCUT2D eigenvalue weighted by molar-refractivity contribution is 0.111. The average Bonchev–Trinajstić information content (AvgIpc) is 2.37. The van der Waals surface area contributed by atoms with Crippen molar-refractivity contribution in [1.82, 2.24) is 4.90 Å². The first-order valence-electron chi connectivity index (χ1n) is 6.85. The second-order valence-corrected chi connectivity index (χ2v) is 5.08. The fourth-order valence-corrected chi connectivity index (χ4v) is 2.74. The van der Waals surface area contributed by atoms with Crippen LogP contribution in [0, 0.1) is 0 Å². The molecule has 0 aromatic heterocycles. The van der Waals surface area contributed by atoms with Crippen molar-refractivity contribution in [3.05, 3.63) is 23.8 Å². The number of rotatable bonds is 6. The van der Waals surface area contributed by atoms with E-state index in [1.807, 2.05) is 12.1 Å². The summed E-state index contributed by atoms with van der Waals surface area (Å²) in [6.45, 7) is 0.580. The molecule has 1 saturated carbocycles. The molecule has 2 N–H and O–H groups in total. The maximum atomic E-state index is 6.00. The summed E-state index contributed by atoms with van der Waals surface area (Å²) in [7, 11) is 5.49. The van der Waals surface area contributed by atoms with Crippen LogP contribution in [0.3, 0.4) is 0 Å². The van der Waals surface area contributed by atoms with Crippen LogP contribution in [0.25, 0.3) is 0 Å². The Balaban J connectivity index is 2.31. The molecular formula is C15H24N2O2. The van der Waals surface area contributed by atoms with Crippen molar-refractivity contribution < 1.29 is 9.47 Å². The highest BCUT2D eigenvalue weighted by molar-refractivity contribution is 5.48. The smallest absolute Gasteiger partial charge is 0.165 e. The van der Waals surface area contributed by atoms with Crippen LogP contribution in [-0.4, -0.2) is 38.8 Å². The molecule has 0 radical (unpaired) electrons. The number of para-hydroxylation sites is 1. The molecule has 1 aliphatic carbocycles. The standard InChI is InChI=1S/C15H24N2O2/c1-17(11-6-4-7-11)13(10-16)12-8-5-9-14(18-2)15(12)19-3/h5,8-9,11,13H,4,6-7,10,16H2,1-3H3. The van der Waals surface area contributed by atoms with E-state index in [4.69, 9.17) is 15.2 Å². The maximum Gasteiger partial charge on any atom is 0.165 e. The third-order valence-electron chi connectivity index (χ3n) is 4.16. The van der Waals surface area contributed by atoms with Gasteiger partial charge in [0.25, 0.3) is 0 Å². The molecule has 1 aromatic carbocycles. The van der Waals surface area contributed by atoms with Crippen LogP contribution in [0.1, 0.15) is 30.9 Å². The number of nitrogens with two attached hydrogens (primary N) is 1. The summed E-state index contributed by atoms with van der Waals surface area (Å²) >= 11 is 0. The summed E-state index contributed by atoms with van der Waals surface area (Å²) in [5.41, 5.74) is 7.11. The zero-order valence-electron chi connectivity index (χ0n) is 12.1. The van der Waals surface area contributed by atoms with E-state index in [0.29, 0.717) is 12.6 Å². The lowest BCUT2D eigenvalue weighted by Crippen LogP contribution is -2.42. The van der Waals surface area contributed by atoms with Gasteiger partial charge in [-0.05, 0) is 26.0 Å². The Morgan fingerprint density at radius 3 is 2.53 bits per heavy atom. The van der Waals surface area contributed by atoms with Crippen LogP contribution in [0.2, 0.25) is 0 Å². The van der Waals surface area contributed by atoms with Crippen LogP contribution in [-0.2, 0) is 0 Å². The molecule has 0 aliphatic heterocycles. The minimum absolute atomic E-state index is 0.176. The molecule has 0 spiro atoms. The highest BCUT2D eigenvalue weighted by Crippen LogP contribution is 2.38. The normalized spacial score (nSPS) is 17.1. The quantitative estimate of drug-likeness (QED) is 0.855. The number of nitrogens with zero attached hydrogens (tertiary/aromatic N) is 1. The van der Waals surface area contributed by atoms with Gasteiger partial charge in [0.05, 0.1) is 20.3 Å². The number of methoxy groups -OCH3 is 2. The first kappa shape index (κ1) is 14.2. The SMILES string of the molecule is COc1cccc(C(CN)N(C)C2CCC2)c1OC. The molecule has 2 rings (SSSR count). The third kappa shape index (κ3) is 2.69. The van der Waals surface area contributed by atoms with E-state index < -0.39 is 0 Å². The van der Waals surface area contributed by atoms with Gasteiger partial charge in [-0.2, -0.15) is 0 Å². The first-order chi connectivity index (χ1) is 9.22. The van der Waals surface area contributed by atoms with E-state index in [1.54, 1.807) is 14.2 Å². The maximum absolute atomic E-state index is 6.00. The molecular weight excluding hydrogens is 240 g/mol. The third-order valence-corrected chi connectivity index (χ3v) is 4.16. The van der Waals surface area contributed by atoms with Crippen LogP contribution in [0.5, 0.6) is 11.5 Å². The Morgan fingerprint density at radius 2 is 2.05 bits per heavy atom. The molecule has 1 fully saturated rings. The van der Waals surface area contributed by atoms with Gasteiger partial charge in [-0.1, -0.05) is 18.6 Å². The summed E-state index contributed by atoms with van der Waals surface area (Å²) in [6, 6.07) is 6.81. The number of likely N-dealkylation sites (N-methyl/N-ethyl adjacent to an activating group) is 1. The molecule has 4 nitrogen and oxygen atoms in total. The lowest BCUT2D eigenvalue weighted by Gasteiger charge is -2.40. The van der Waals surface area contributed by atoms with Gasteiger partial charge in [-0.25, -0.2) is 0 Å². The summed E-state index contributed by atoms with van der Waals surface area (Å²) in [5, 5.41) is 0. The number of hydrogen-bond donors (Lipinski definition) is 1. The Morgan fingerprint density at radius 1 is 1.32 bits per heavy atom. The van der Waals surface area contributed by atoms with Crippen LogP contribution >= 0.6 is 0 Å². The molecule has 1 atom stereocenters. The zero-order chi connectivity index (χ0) is 13.8. The molecule has 0 bridgehead atoms. The van der Waals surface area contributed by atoms with Crippen molar-refractivity contribution in [2.45, 2.75) is 31.3 Å². The Bertz CT molecular complexity index is 419. The number of hydrogen-bond acceptors (Lipinski definition) is 4. The minimum atomic E-state index is 0.176. The topological polar surface area (TPSA) is 47.7 Å². The van der Waals surface area contributed by atoms with Gasteiger partial charge >= 0.3 is 0 Å². The fraction of sp³-hybridized carbons (Fsp3) is 0.600. The predicted molar refractivity (Wildman–Crippen MR) is 76.7 cm³/mol. The Labute approximate surface area is 115 Å². The minimum Gasteiger partial charge on any atom is -0.493 e. The van der Waals surface area contributed by atoms with Crippen molar-refractivity contribution in [2.75, 3.05) is 27.8 Å². The van der Waals surface area contributed by atoms with E-state index in [1.165, 1.54) is 19.3 Å². The largest absolute Gasteiger partial charge is 0.493 e. The average molecular weight is 264 g/mol. The first-order valence-corrected chi connectivity index (χ1v) is 6.85. The van der Waals surface area contributed by atoms with Crippen LogP contribution in [0.4, 0.5) is 0 Å². The van der Waals surface area contributed by atoms with Crippen LogP contribution < -0.4 is 15.2 Å².